The van der Waals surface area contributed by atoms with Crippen molar-refractivity contribution in [3.8, 4) is 0 Å². The monoisotopic (exact) mass is 491 g/mol. The van der Waals surface area contributed by atoms with E-state index in [1.54, 1.807) is 17.9 Å². The van der Waals surface area contributed by atoms with Gasteiger partial charge in [0.05, 0.1) is 23.4 Å². The number of halogens is 4. The molecular formula is C24H21Cl2F2N3O2. The van der Waals surface area contributed by atoms with Crippen molar-refractivity contribution >= 4 is 34.9 Å². The molecule has 1 aromatic heterocycles. The van der Waals surface area contributed by atoms with Gasteiger partial charge >= 0.3 is 0 Å². The largest absolute Gasteiger partial charge is 0.338 e. The van der Waals surface area contributed by atoms with Gasteiger partial charge in [0.15, 0.2) is 5.78 Å². The number of nitrogens with zero attached hydrogens (tertiary/aromatic N) is 3. The lowest BCUT2D eigenvalue weighted by Crippen LogP contribution is -2.40. The lowest BCUT2D eigenvalue weighted by atomic mass is 9.88. The highest BCUT2D eigenvalue weighted by Crippen LogP contribution is 2.28. The molecular weight excluding hydrogens is 471 g/mol. The number of hydrogen-bond acceptors (Lipinski definition) is 3. The maximum absolute atomic E-state index is 14.0. The molecule has 0 bridgehead atoms. The van der Waals surface area contributed by atoms with Gasteiger partial charge in [0.1, 0.15) is 16.8 Å². The van der Waals surface area contributed by atoms with Crippen LogP contribution in [0.15, 0.2) is 42.5 Å². The van der Waals surface area contributed by atoms with Crippen LogP contribution in [0.3, 0.4) is 0 Å². The Bertz CT molecular complexity index is 1220. The Balaban J connectivity index is 1.46. The molecule has 0 atom stereocenters. The van der Waals surface area contributed by atoms with Gasteiger partial charge in [-0.1, -0.05) is 41.4 Å². The maximum atomic E-state index is 14.0. The summed E-state index contributed by atoms with van der Waals surface area (Å²) in [6.07, 6.45) is 0.704. The van der Waals surface area contributed by atoms with Crippen molar-refractivity contribution in [3.63, 3.8) is 0 Å². The molecule has 172 valence electrons. The van der Waals surface area contributed by atoms with Crippen LogP contribution in [0.25, 0.3) is 0 Å². The van der Waals surface area contributed by atoms with E-state index in [0.29, 0.717) is 48.8 Å². The molecule has 1 amide bonds. The highest BCUT2D eigenvalue weighted by atomic mass is 35.5. The first-order valence-electron chi connectivity index (χ1n) is 10.5. The molecule has 1 aliphatic rings. The number of Topliss-reactive ketones (excluding diaryl/α,β-unsaturated/α-hetero) is 1. The third kappa shape index (κ3) is 4.80. The van der Waals surface area contributed by atoms with Gasteiger partial charge in [-0.25, -0.2) is 13.5 Å². The smallest absolute Gasteiger partial charge is 0.258 e. The summed E-state index contributed by atoms with van der Waals surface area (Å²) in [6.45, 7) is 2.64. The number of amides is 1. The topological polar surface area (TPSA) is 55.2 Å². The van der Waals surface area contributed by atoms with E-state index in [1.807, 2.05) is 18.2 Å². The number of benzene rings is 2. The predicted molar refractivity (Wildman–Crippen MR) is 122 cm³/mol. The standard InChI is InChI=1S/C24H21Cl2F2N3O2/c1-14-21(23(26)31(29-14)13-16-4-2-3-5-19(16)25)24(33)30-10-8-15(9-11-30)22(32)18-12-17(27)6-7-20(18)28/h2-7,12,15H,8-11,13H2,1H3. The number of aromatic nitrogens is 2. The molecule has 1 aliphatic heterocycles. The highest BCUT2D eigenvalue weighted by Gasteiger charge is 2.32. The minimum atomic E-state index is -0.742. The second-order valence-corrected chi connectivity index (χ2v) is 8.82. The maximum Gasteiger partial charge on any atom is 0.258 e. The quantitative estimate of drug-likeness (QED) is 0.439. The average molecular weight is 492 g/mol. The number of piperidine rings is 1. The van der Waals surface area contributed by atoms with Crippen LogP contribution in [0.2, 0.25) is 10.2 Å². The second-order valence-electron chi connectivity index (χ2n) is 8.06. The summed E-state index contributed by atoms with van der Waals surface area (Å²) in [5.41, 5.74) is 1.38. The molecule has 0 saturated carbocycles. The summed E-state index contributed by atoms with van der Waals surface area (Å²) in [5.74, 6) is -2.60. The fraction of sp³-hybridized carbons (Fsp3) is 0.292. The van der Waals surface area contributed by atoms with Crippen molar-refractivity contribution < 1.29 is 18.4 Å². The first-order valence-corrected chi connectivity index (χ1v) is 11.3. The molecule has 0 spiro atoms. The fourth-order valence-corrected chi connectivity index (χ4v) is 4.61. The van der Waals surface area contributed by atoms with Crippen LogP contribution in [0.5, 0.6) is 0 Å². The van der Waals surface area contributed by atoms with E-state index in [4.69, 9.17) is 23.2 Å². The molecule has 9 heteroatoms. The van der Waals surface area contributed by atoms with E-state index in [0.717, 1.165) is 23.8 Å². The summed E-state index contributed by atoms with van der Waals surface area (Å²) in [4.78, 5) is 27.5. The Labute approximate surface area is 199 Å². The Morgan fingerprint density at radius 2 is 1.79 bits per heavy atom. The van der Waals surface area contributed by atoms with E-state index < -0.39 is 23.3 Å². The number of aryl methyl sites for hydroxylation is 1. The van der Waals surface area contributed by atoms with Crippen molar-refractivity contribution in [3.05, 3.63) is 86.7 Å². The second kappa shape index (κ2) is 9.61. The number of carbonyl (C=O) groups excluding carboxylic acids is 2. The van der Waals surface area contributed by atoms with Gasteiger partial charge in [0, 0.05) is 24.0 Å². The number of hydrogen-bond donors (Lipinski definition) is 0. The molecule has 0 unspecified atom stereocenters. The third-order valence-electron chi connectivity index (χ3n) is 5.90. The molecule has 5 nitrogen and oxygen atoms in total. The van der Waals surface area contributed by atoms with E-state index in [9.17, 15) is 18.4 Å². The van der Waals surface area contributed by atoms with Crippen LogP contribution in [0.4, 0.5) is 8.78 Å². The summed E-state index contributed by atoms with van der Waals surface area (Å²) >= 11 is 12.7. The zero-order valence-electron chi connectivity index (χ0n) is 17.8. The third-order valence-corrected chi connectivity index (χ3v) is 6.66. The van der Waals surface area contributed by atoms with Crippen LogP contribution >= 0.6 is 23.2 Å². The van der Waals surface area contributed by atoms with E-state index in [-0.39, 0.29) is 16.6 Å². The Kier molecular flexibility index (Phi) is 6.81. The molecule has 2 heterocycles. The number of likely N-dealkylation sites (tertiary alicyclic amines) is 1. The molecule has 3 aromatic rings. The summed E-state index contributed by atoms with van der Waals surface area (Å²) in [7, 11) is 0. The Morgan fingerprint density at radius 1 is 1.09 bits per heavy atom. The van der Waals surface area contributed by atoms with Gasteiger partial charge in [-0.3, -0.25) is 9.59 Å². The van der Waals surface area contributed by atoms with Crippen molar-refractivity contribution in [1.82, 2.24) is 14.7 Å². The number of carbonyl (C=O) groups is 2. The van der Waals surface area contributed by atoms with Crippen molar-refractivity contribution in [2.75, 3.05) is 13.1 Å². The van der Waals surface area contributed by atoms with Crippen LogP contribution in [0.1, 0.15) is 44.8 Å². The van der Waals surface area contributed by atoms with Crippen molar-refractivity contribution in [2.24, 2.45) is 5.92 Å². The SMILES string of the molecule is Cc1nn(Cc2ccccc2Cl)c(Cl)c1C(=O)N1CCC(C(=O)c2cc(F)ccc2F)CC1. The zero-order chi connectivity index (χ0) is 23.7. The van der Waals surface area contributed by atoms with Gasteiger partial charge < -0.3 is 4.90 Å². The first-order chi connectivity index (χ1) is 15.8. The molecule has 1 saturated heterocycles. The van der Waals surface area contributed by atoms with Gasteiger partial charge in [-0.15, -0.1) is 0 Å². The molecule has 1 fully saturated rings. The molecule has 0 N–H and O–H groups in total. The Hall–Kier alpha value is -2.77. The molecule has 0 radical (unpaired) electrons. The summed E-state index contributed by atoms with van der Waals surface area (Å²) in [5, 5.41) is 5.21. The summed E-state index contributed by atoms with van der Waals surface area (Å²) in [6, 6.07) is 10.2. The molecule has 4 rings (SSSR count). The zero-order valence-corrected chi connectivity index (χ0v) is 19.3. The molecule has 2 aromatic carbocycles. The Morgan fingerprint density at radius 3 is 2.48 bits per heavy atom. The van der Waals surface area contributed by atoms with E-state index >= 15 is 0 Å². The molecule has 33 heavy (non-hydrogen) atoms. The van der Waals surface area contributed by atoms with Crippen molar-refractivity contribution in [1.29, 1.82) is 0 Å². The predicted octanol–water partition coefficient (Wildman–Crippen LogP) is 5.56. The fourth-order valence-electron chi connectivity index (χ4n) is 4.10. The van der Waals surface area contributed by atoms with Crippen LogP contribution in [-0.4, -0.2) is 39.5 Å². The minimum absolute atomic E-state index is 0.220. The lowest BCUT2D eigenvalue weighted by molar-refractivity contribution is 0.0648. The lowest BCUT2D eigenvalue weighted by Gasteiger charge is -2.31. The first kappa shape index (κ1) is 23.4. The van der Waals surface area contributed by atoms with Gasteiger partial charge in [0.25, 0.3) is 5.91 Å². The van der Waals surface area contributed by atoms with Crippen LogP contribution in [0, 0.1) is 24.5 Å². The average Bonchev–Trinajstić information content (AvgIpc) is 3.08. The highest BCUT2D eigenvalue weighted by molar-refractivity contribution is 6.33. The van der Waals surface area contributed by atoms with Gasteiger partial charge in [-0.05, 0) is 49.6 Å². The number of rotatable bonds is 5. The molecule has 0 aliphatic carbocycles. The van der Waals surface area contributed by atoms with E-state index in [1.165, 1.54) is 4.68 Å². The van der Waals surface area contributed by atoms with Gasteiger partial charge in [0.2, 0.25) is 0 Å². The summed E-state index contributed by atoms with van der Waals surface area (Å²) < 4.78 is 29.0. The van der Waals surface area contributed by atoms with Crippen LogP contribution < -0.4 is 0 Å². The normalized spacial score (nSPS) is 14.5. The number of ketones is 1. The van der Waals surface area contributed by atoms with Crippen LogP contribution in [-0.2, 0) is 6.54 Å². The minimum Gasteiger partial charge on any atom is -0.338 e. The van der Waals surface area contributed by atoms with Crippen molar-refractivity contribution in [2.45, 2.75) is 26.3 Å². The van der Waals surface area contributed by atoms with E-state index in [2.05, 4.69) is 5.10 Å². The van der Waals surface area contributed by atoms with Gasteiger partial charge in [-0.2, -0.15) is 5.10 Å².